The molecule has 1 rings (SSSR count). The Hall–Kier alpha value is -1.23. The van der Waals surface area contributed by atoms with Crippen LogP contribution in [0.1, 0.15) is 26.7 Å². The van der Waals surface area contributed by atoms with Gasteiger partial charge in [0.2, 0.25) is 5.91 Å². The van der Waals surface area contributed by atoms with Crippen LogP contribution in [-0.2, 0) is 4.79 Å². The first-order valence-electron chi connectivity index (χ1n) is 6.45. The summed E-state index contributed by atoms with van der Waals surface area (Å²) in [7, 11) is 0. The highest BCUT2D eigenvalue weighted by atomic mass is 32.2. The van der Waals surface area contributed by atoms with E-state index < -0.39 is 5.82 Å². The molecule has 0 aliphatic heterocycles. The topological polar surface area (TPSA) is 55.1 Å². The molecule has 0 radical (unpaired) electrons. The molecule has 1 atom stereocenters. The highest BCUT2D eigenvalue weighted by molar-refractivity contribution is 7.99. The van der Waals surface area contributed by atoms with Crippen molar-refractivity contribution >= 4 is 29.0 Å². The van der Waals surface area contributed by atoms with Crippen molar-refractivity contribution in [3.8, 4) is 0 Å². The Balaban J connectivity index is 2.33. The van der Waals surface area contributed by atoms with Crippen molar-refractivity contribution in [2.45, 2.75) is 26.7 Å². The number of nitrogen functional groups attached to an aromatic ring is 1. The SMILES string of the molecule is CCC(C)CSCCC(=O)Nc1cc(N)ccc1F. The Morgan fingerprint density at radius 1 is 1.53 bits per heavy atom. The maximum Gasteiger partial charge on any atom is 0.225 e. The molecule has 0 aliphatic rings. The van der Waals surface area contributed by atoms with E-state index >= 15 is 0 Å². The molecule has 5 heteroatoms. The average molecular weight is 284 g/mol. The summed E-state index contributed by atoms with van der Waals surface area (Å²) in [4.78, 5) is 11.7. The summed E-state index contributed by atoms with van der Waals surface area (Å²) >= 11 is 1.75. The number of nitrogens with two attached hydrogens (primary N) is 1. The lowest BCUT2D eigenvalue weighted by molar-refractivity contribution is -0.115. The smallest absolute Gasteiger partial charge is 0.225 e. The monoisotopic (exact) mass is 284 g/mol. The fourth-order valence-corrected chi connectivity index (χ4v) is 2.55. The number of rotatable bonds is 7. The van der Waals surface area contributed by atoms with Gasteiger partial charge in [-0.05, 0) is 29.9 Å². The summed E-state index contributed by atoms with van der Waals surface area (Å²) in [5.41, 5.74) is 6.13. The molecule has 3 N–H and O–H groups in total. The number of hydrogen-bond acceptors (Lipinski definition) is 3. The van der Waals surface area contributed by atoms with Gasteiger partial charge in [0.05, 0.1) is 5.69 Å². The van der Waals surface area contributed by atoms with Crippen LogP contribution < -0.4 is 11.1 Å². The summed E-state index contributed by atoms with van der Waals surface area (Å²) in [6.45, 7) is 4.34. The van der Waals surface area contributed by atoms with Crippen LogP contribution in [0.5, 0.6) is 0 Å². The molecule has 0 saturated carbocycles. The zero-order chi connectivity index (χ0) is 14.3. The van der Waals surface area contributed by atoms with Gasteiger partial charge in [0, 0.05) is 17.9 Å². The molecule has 1 aromatic rings. The second-order valence-electron chi connectivity index (χ2n) is 4.63. The number of nitrogens with one attached hydrogen (secondary N) is 1. The largest absolute Gasteiger partial charge is 0.399 e. The van der Waals surface area contributed by atoms with E-state index in [1.807, 2.05) is 0 Å². The summed E-state index contributed by atoms with van der Waals surface area (Å²) in [5.74, 6) is 1.83. The van der Waals surface area contributed by atoms with Gasteiger partial charge in [-0.25, -0.2) is 4.39 Å². The van der Waals surface area contributed by atoms with Crippen LogP contribution in [0.3, 0.4) is 0 Å². The molecule has 1 aromatic carbocycles. The number of amides is 1. The van der Waals surface area contributed by atoms with Crippen molar-refractivity contribution in [3.05, 3.63) is 24.0 Å². The van der Waals surface area contributed by atoms with E-state index in [9.17, 15) is 9.18 Å². The van der Waals surface area contributed by atoms with Crippen LogP contribution in [0.4, 0.5) is 15.8 Å². The maximum absolute atomic E-state index is 13.4. The summed E-state index contributed by atoms with van der Waals surface area (Å²) in [5, 5.41) is 2.55. The van der Waals surface area contributed by atoms with Crippen molar-refractivity contribution in [2.24, 2.45) is 5.92 Å². The lowest BCUT2D eigenvalue weighted by Crippen LogP contribution is -2.14. The maximum atomic E-state index is 13.4. The van der Waals surface area contributed by atoms with Crippen LogP contribution in [0, 0.1) is 11.7 Å². The molecule has 3 nitrogen and oxygen atoms in total. The third kappa shape index (κ3) is 5.96. The van der Waals surface area contributed by atoms with Gasteiger partial charge >= 0.3 is 0 Å². The standard InChI is InChI=1S/C14H21FN2OS/c1-3-10(2)9-19-7-6-14(18)17-13-8-11(16)4-5-12(13)15/h4-5,8,10H,3,6-7,9,16H2,1-2H3,(H,17,18). The van der Waals surface area contributed by atoms with Crippen molar-refractivity contribution in [1.29, 1.82) is 0 Å². The fourth-order valence-electron chi connectivity index (χ4n) is 1.42. The van der Waals surface area contributed by atoms with Gasteiger partial charge in [-0.15, -0.1) is 0 Å². The number of anilines is 2. The van der Waals surface area contributed by atoms with Crippen LogP contribution in [-0.4, -0.2) is 17.4 Å². The molecule has 0 heterocycles. The average Bonchev–Trinajstić information content (AvgIpc) is 2.38. The first kappa shape index (κ1) is 15.8. The molecule has 106 valence electrons. The van der Waals surface area contributed by atoms with Crippen LogP contribution >= 0.6 is 11.8 Å². The number of carbonyl (C=O) groups excluding carboxylic acids is 1. The van der Waals surface area contributed by atoms with E-state index in [0.717, 1.165) is 17.9 Å². The Morgan fingerprint density at radius 3 is 2.95 bits per heavy atom. The first-order valence-corrected chi connectivity index (χ1v) is 7.61. The normalized spacial score (nSPS) is 12.2. The van der Waals surface area contributed by atoms with Crippen LogP contribution in [0.15, 0.2) is 18.2 Å². The van der Waals surface area contributed by atoms with Gasteiger partial charge in [0.25, 0.3) is 0 Å². The first-order chi connectivity index (χ1) is 9.02. The Morgan fingerprint density at radius 2 is 2.26 bits per heavy atom. The third-order valence-corrected chi connectivity index (χ3v) is 4.13. The molecule has 0 fully saturated rings. The van der Waals surface area contributed by atoms with Crippen molar-refractivity contribution in [3.63, 3.8) is 0 Å². The van der Waals surface area contributed by atoms with E-state index in [2.05, 4.69) is 19.2 Å². The van der Waals surface area contributed by atoms with E-state index in [0.29, 0.717) is 18.0 Å². The van der Waals surface area contributed by atoms with Crippen LogP contribution in [0.25, 0.3) is 0 Å². The van der Waals surface area contributed by atoms with E-state index in [1.165, 1.54) is 18.2 Å². The quantitative estimate of drug-likeness (QED) is 0.595. The molecule has 1 unspecified atom stereocenters. The minimum atomic E-state index is -0.463. The summed E-state index contributed by atoms with van der Waals surface area (Å²) in [6.07, 6.45) is 1.53. The number of hydrogen-bond donors (Lipinski definition) is 2. The molecular weight excluding hydrogens is 263 g/mol. The summed E-state index contributed by atoms with van der Waals surface area (Å²) in [6, 6.07) is 4.15. The van der Waals surface area contributed by atoms with Crippen LogP contribution in [0.2, 0.25) is 0 Å². The Bertz CT molecular complexity index is 426. The second-order valence-corrected chi connectivity index (χ2v) is 5.78. The van der Waals surface area contributed by atoms with Crippen molar-refractivity contribution < 1.29 is 9.18 Å². The molecule has 19 heavy (non-hydrogen) atoms. The Kier molecular flexibility index (Phi) is 6.70. The molecule has 0 bridgehead atoms. The molecular formula is C14H21FN2OS. The zero-order valence-corrected chi connectivity index (χ0v) is 12.2. The highest BCUT2D eigenvalue weighted by Crippen LogP contribution is 2.18. The van der Waals surface area contributed by atoms with E-state index in [4.69, 9.17) is 5.73 Å². The summed E-state index contributed by atoms with van der Waals surface area (Å²) < 4.78 is 13.4. The number of benzene rings is 1. The van der Waals surface area contributed by atoms with E-state index in [-0.39, 0.29) is 11.6 Å². The fraction of sp³-hybridized carbons (Fsp3) is 0.500. The molecule has 0 saturated heterocycles. The molecule has 0 aromatic heterocycles. The molecule has 0 aliphatic carbocycles. The lowest BCUT2D eigenvalue weighted by Gasteiger charge is -2.09. The predicted molar refractivity (Wildman–Crippen MR) is 80.8 cm³/mol. The van der Waals surface area contributed by atoms with Crippen molar-refractivity contribution in [2.75, 3.05) is 22.6 Å². The van der Waals surface area contributed by atoms with Gasteiger partial charge in [-0.2, -0.15) is 11.8 Å². The van der Waals surface area contributed by atoms with Crippen molar-refractivity contribution in [1.82, 2.24) is 0 Å². The minimum absolute atomic E-state index is 0.150. The predicted octanol–water partition coefficient (Wildman–Crippen LogP) is 3.52. The number of halogens is 1. The Labute approximate surface area is 118 Å². The van der Waals surface area contributed by atoms with Gasteiger partial charge in [-0.3, -0.25) is 4.79 Å². The number of carbonyl (C=O) groups is 1. The lowest BCUT2D eigenvalue weighted by atomic mass is 10.2. The highest BCUT2D eigenvalue weighted by Gasteiger charge is 2.07. The number of thioether (sulfide) groups is 1. The van der Waals surface area contributed by atoms with E-state index in [1.54, 1.807) is 11.8 Å². The zero-order valence-electron chi connectivity index (χ0n) is 11.4. The van der Waals surface area contributed by atoms with Gasteiger partial charge in [0.1, 0.15) is 5.82 Å². The third-order valence-electron chi connectivity index (χ3n) is 2.84. The van der Waals surface area contributed by atoms with Gasteiger partial charge < -0.3 is 11.1 Å². The second kappa shape index (κ2) is 8.04. The molecule has 1 amide bonds. The molecule has 0 spiro atoms. The minimum Gasteiger partial charge on any atom is -0.399 e. The van der Waals surface area contributed by atoms with Gasteiger partial charge in [0.15, 0.2) is 0 Å². The van der Waals surface area contributed by atoms with Gasteiger partial charge in [-0.1, -0.05) is 20.3 Å².